The molecule has 0 saturated carbocycles. The van der Waals surface area contributed by atoms with E-state index in [1.54, 1.807) is 48.5 Å². The lowest BCUT2D eigenvalue weighted by molar-refractivity contribution is -0.140. The number of anilines is 1. The van der Waals surface area contributed by atoms with Gasteiger partial charge in [-0.2, -0.15) is 0 Å². The van der Waals surface area contributed by atoms with Crippen LogP contribution in [0.15, 0.2) is 71.6 Å². The second kappa shape index (κ2) is 13.5. The molecule has 10 heteroatoms. The molecule has 1 N–H and O–H groups in total. The van der Waals surface area contributed by atoms with E-state index >= 15 is 0 Å². The first kappa shape index (κ1) is 31.5. The van der Waals surface area contributed by atoms with Crippen molar-refractivity contribution in [2.24, 2.45) is 0 Å². The maximum Gasteiger partial charge on any atom is 0.264 e. The van der Waals surface area contributed by atoms with Crippen LogP contribution in [0.3, 0.4) is 0 Å². The normalized spacial score (nSPS) is 12.2. The quantitative estimate of drug-likeness (QED) is 0.285. The molecule has 3 aromatic rings. The number of rotatable bonds is 11. The van der Waals surface area contributed by atoms with Crippen LogP contribution in [0.4, 0.5) is 5.69 Å². The number of halogens is 2. The van der Waals surface area contributed by atoms with Gasteiger partial charge in [-0.15, -0.1) is 0 Å². The Morgan fingerprint density at radius 1 is 0.925 bits per heavy atom. The van der Waals surface area contributed by atoms with E-state index in [9.17, 15) is 18.0 Å². The van der Waals surface area contributed by atoms with Crippen LogP contribution in [0.5, 0.6) is 0 Å². The lowest BCUT2D eigenvalue weighted by atomic mass is 10.1. The molecular formula is C30H35Cl2N3O4S. The van der Waals surface area contributed by atoms with E-state index < -0.39 is 28.5 Å². The average Bonchev–Trinajstić information content (AvgIpc) is 2.91. The molecule has 0 heterocycles. The molecule has 2 amide bonds. The Morgan fingerprint density at radius 3 is 2.20 bits per heavy atom. The standard InChI is InChI=1S/C30H35Cl2N3O4S/c1-6-27(30(37)33-20(2)3)34(18-23-15-16-25(31)26(32)17-23)29(36)19-35(28-14-10-11-21(4)22(28)5)40(38,39)24-12-8-7-9-13-24/h7-17,20,27H,6,18-19H2,1-5H3,(H,33,37)/t27-/m1/s1. The molecule has 0 spiro atoms. The number of carbonyl (C=O) groups is 2. The maximum absolute atomic E-state index is 14.1. The molecule has 1 atom stereocenters. The van der Waals surface area contributed by atoms with Crippen LogP contribution in [0, 0.1) is 13.8 Å². The van der Waals surface area contributed by atoms with E-state index in [1.807, 2.05) is 40.7 Å². The molecule has 0 fully saturated rings. The highest BCUT2D eigenvalue weighted by atomic mass is 35.5. The van der Waals surface area contributed by atoms with E-state index in [1.165, 1.54) is 17.0 Å². The largest absolute Gasteiger partial charge is 0.352 e. The van der Waals surface area contributed by atoms with Gasteiger partial charge in [-0.05, 0) is 81.1 Å². The average molecular weight is 605 g/mol. The van der Waals surface area contributed by atoms with Crippen molar-refractivity contribution < 1.29 is 18.0 Å². The molecule has 214 valence electrons. The number of hydrogen-bond acceptors (Lipinski definition) is 4. The molecule has 7 nitrogen and oxygen atoms in total. The second-order valence-electron chi connectivity index (χ2n) is 9.90. The van der Waals surface area contributed by atoms with Crippen LogP contribution in [-0.2, 0) is 26.2 Å². The van der Waals surface area contributed by atoms with Gasteiger partial charge in [0.15, 0.2) is 0 Å². The lowest BCUT2D eigenvalue weighted by Crippen LogP contribution is -2.53. The summed E-state index contributed by atoms with van der Waals surface area (Å²) in [5, 5.41) is 3.56. The van der Waals surface area contributed by atoms with E-state index in [4.69, 9.17) is 23.2 Å². The van der Waals surface area contributed by atoms with Crippen molar-refractivity contribution in [2.75, 3.05) is 10.8 Å². The zero-order valence-corrected chi connectivity index (χ0v) is 25.6. The van der Waals surface area contributed by atoms with Gasteiger partial charge >= 0.3 is 0 Å². The van der Waals surface area contributed by atoms with Crippen LogP contribution >= 0.6 is 23.2 Å². The molecule has 0 radical (unpaired) electrons. The number of carbonyl (C=O) groups excluding carboxylic acids is 2. The van der Waals surface area contributed by atoms with Crippen molar-refractivity contribution >= 4 is 50.7 Å². The summed E-state index contributed by atoms with van der Waals surface area (Å²) in [6, 6.07) is 17.3. The number of nitrogens with zero attached hydrogens (tertiary/aromatic N) is 2. The smallest absolute Gasteiger partial charge is 0.264 e. The van der Waals surface area contributed by atoms with Crippen molar-refractivity contribution in [3.8, 4) is 0 Å². The highest BCUT2D eigenvalue weighted by Crippen LogP contribution is 2.30. The molecule has 0 saturated heterocycles. The molecule has 3 rings (SSSR count). The Kier molecular flexibility index (Phi) is 10.6. The van der Waals surface area contributed by atoms with Crippen molar-refractivity contribution in [3.63, 3.8) is 0 Å². The molecule has 0 aromatic heterocycles. The van der Waals surface area contributed by atoms with E-state index in [0.29, 0.717) is 27.7 Å². The van der Waals surface area contributed by atoms with Gasteiger partial charge < -0.3 is 10.2 Å². The van der Waals surface area contributed by atoms with Crippen molar-refractivity contribution in [3.05, 3.63) is 93.5 Å². The number of amides is 2. The summed E-state index contributed by atoms with van der Waals surface area (Å²) >= 11 is 12.3. The number of nitrogens with one attached hydrogen (secondary N) is 1. The Hall–Kier alpha value is -3.07. The molecule has 0 aliphatic carbocycles. The zero-order valence-electron chi connectivity index (χ0n) is 23.3. The van der Waals surface area contributed by atoms with Gasteiger partial charge in [0.2, 0.25) is 11.8 Å². The van der Waals surface area contributed by atoms with E-state index in [0.717, 1.165) is 15.4 Å². The van der Waals surface area contributed by atoms with Gasteiger partial charge in [-0.3, -0.25) is 13.9 Å². The van der Waals surface area contributed by atoms with Crippen molar-refractivity contribution in [2.45, 2.75) is 64.6 Å². The molecule has 3 aromatic carbocycles. The summed E-state index contributed by atoms with van der Waals surface area (Å²) in [4.78, 5) is 28.8. The summed E-state index contributed by atoms with van der Waals surface area (Å²) in [7, 11) is -4.13. The van der Waals surface area contributed by atoms with Crippen molar-refractivity contribution in [1.82, 2.24) is 10.2 Å². The van der Waals surface area contributed by atoms with Gasteiger partial charge in [-0.25, -0.2) is 8.42 Å². The third kappa shape index (κ3) is 7.36. The fourth-order valence-electron chi connectivity index (χ4n) is 4.37. The minimum atomic E-state index is -4.13. The summed E-state index contributed by atoms with van der Waals surface area (Å²) in [6.45, 7) is 8.72. The maximum atomic E-state index is 14.1. The minimum Gasteiger partial charge on any atom is -0.352 e. The highest BCUT2D eigenvalue weighted by Gasteiger charge is 2.34. The number of sulfonamides is 1. The summed E-state index contributed by atoms with van der Waals surface area (Å²) in [5.74, 6) is -0.854. The van der Waals surface area contributed by atoms with E-state index in [2.05, 4.69) is 5.32 Å². The minimum absolute atomic E-state index is 0.0335. The Balaban J connectivity index is 2.11. The monoisotopic (exact) mass is 603 g/mol. The zero-order chi connectivity index (χ0) is 29.6. The number of aryl methyl sites for hydroxylation is 1. The Bertz CT molecular complexity index is 1460. The first-order valence-corrected chi connectivity index (χ1v) is 15.2. The van der Waals surface area contributed by atoms with Gasteiger partial charge in [-0.1, -0.05) is 66.5 Å². The number of hydrogen-bond donors (Lipinski definition) is 1. The molecule has 0 unspecified atom stereocenters. The van der Waals surface area contributed by atoms with Crippen LogP contribution in [0.25, 0.3) is 0 Å². The molecular weight excluding hydrogens is 569 g/mol. The van der Waals surface area contributed by atoms with Crippen molar-refractivity contribution in [1.29, 1.82) is 0 Å². The van der Waals surface area contributed by atoms with Gasteiger partial charge in [0, 0.05) is 12.6 Å². The summed E-state index contributed by atoms with van der Waals surface area (Å²) in [5.41, 5.74) is 2.66. The Labute approximate surface area is 247 Å². The molecule has 0 aliphatic heterocycles. The first-order valence-electron chi connectivity index (χ1n) is 13.0. The number of benzene rings is 3. The fraction of sp³-hybridized carbons (Fsp3) is 0.333. The fourth-order valence-corrected chi connectivity index (χ4v) is 6.19. The third-order valence-corrected chi connectivity index (χ3v) is 9.12. The van der Waals surface area contributed by atoms with Gasteiger partial charge in [0.05, 0.1) is 20.6 Å². The van der Waals surface area contributed by atoms with Crippen LogP contribution in [0.1, 0.15) is 43.9 Å². The first-order chi connectivity index (χ1) is 18.9. The van der Waals surface area contributed by atoms with Crippen LogP contribution in [0.2, 0.25) is 10.0 Å². The predicted molar refractivity (Wildman–Crippen MR) is 161 cm³/mol. The SMILES string of the molecule is CC[C@H](C(=O)NC(C)C)N(Cc1ccc(Cl)c(Cl)c1)C(=O)CN(c1cccc(C)c1C)S(=O)(=O)c1ccccc1. The van der Waals surface area contributed by atoms with Crippen LogP contribution in [-0.4, -0.2) is 43.8 Å². The predicted octanol–water partition coefficient (Wildman–Crippen LogP) is 6.14. The topological polar surface area (TPSA) is 86.8 Å². The molecule has 40 heavy (non-hydrogen) atoms. The second-order valence-corrected chi connectivity index (χ2v) is 12.6. The highest BCUT2D eigenvalue weighted by molar-refractivity contribution is 7.92. The van der Waals surface area contributed by atoms with Gasteiger partial charge in [0.25, 0.3) is 10.0 Å². The molecule has 0 aliphatic rings. The van der Waals surface area contributed by atoms with E-state index in [-0.39, 0.29) is 23.4 Å². The Morgan fingerprint density at radius 2 is 1.60 bits per heavy atom. The van der Waals surface area contributed by atoms with Gasteiger partial charge in [0.1, 0.15) is 12.6 Å². The summed E-state index contributed by atoms with van der Waals surface area (Å²) < 4.78 is 29.0. The summed E-state index contributed by atoms with van der Waals surface area (Å²) in [6.07, 6.45) is 0.320. The third-order valence-electron chi connectivity index (χ3n) is 6.61. The molecule has 0 bridgehead atoms. The van der Waals surface area contributed by atoms with Crippen LogP contribution < -0.4 is 9.62 Å². The lowest BCUT2D eigenvalue weighted by Gasteiger charge is -2.34.